The Bertz CT molecular complexity index is 258. The van der Waals surface area contributed by atoms with Crippen LogP contribution < -0.4 is 23.0 Å². The first-order valence-corrected chi connectivity index (χ1v) is 8.44. The summed E-state index contributed by atoms with van der Waals surface area (Å²) in [4.78, 5) is 10.9. The van der Waals surface area contributed by atoms with Crippen molar-refractivity contribution in [2.45, 2.75) is 18.9 Å². The van der Waals surface area contributed by atoms with Crippen molar-refractivity contribution in [3.63, 3.8) is 0 Å². The predicted molar refractivity (Wildman–Crippen MR) is 75.7 cm³/mol. The number of nitrogens with one attached hydrogen (secondary N) is 1. The van der Waals surface area contributed by atoms with Gasteiger partial charge in [0.15, 0.2) is 0 Å². The molecule has 0 rings (SSSR count). The van der Waals surface area contributed by atoms with Crippen LogP contribution in [0.1, 0.15) is 12.8 Å². The van der Waals surface area contributed by atoms with Gasteiger partial charge in [0.25, 0.3) is 0 Å². The van der Waals surface area contributed by atoms with Crippen LogP contribution in [-0.2, 0) is 18.1 Å². The van der Waals surface area contributed by atoms with Gasteiger partial charge in [-0.15, -0.1) is 0 Å². The van der Waals surface area contributed by atoms with E-state index in [1.807, 2.05) is 0 Å². The van der Waals surface area contributed by atoms with Crippen LogP contribution in [0.5, 0.6) is 0 Å². The zero-order valence-corrected chi connectivity index (χ0v) is 14.4. The van der Waals surface area contributed by atoms with Gasteiger partial charge in [0.2, 0.25) is 5.91 Å². The Labute approximate surface area is 129 Å². The molecule has 0 radical (unpaired) electrons. The maximum absolute atomic E-state index is 10.9. The summed E-state index contributed by atoms with van der Waals surface area (Å²) in [5.41, 5.74) is 0. The van der Waals surface area contributed by atoms with E-state index in [9.17, 15) is 4.79 Å². The van der Waals surface area contributed by atoms with E-state index in [2.05, 4.69) is 17.2 Å². The second-order valence-corrected chi connectivity index (χ2v) is 7.20. The Morgan fingerprint density at radius 3 is 2.25 bits per heavy atom. The molecule has 20 heavy (non-hydrogen) atoms. The third-order valence-electron chi connectivity index (χ3n) is 2.89. The summed E-state index contributed by atoms with van der Waals surface area (Å²) in [5.74, 6) is -0.115. The molecule has 0 spiro atoms. The predicted octanol–water partition coefficient (Wildman–Crippen LogP) is -3.49. The Morgan fingerprint density at radius 2 is 1.75 bits per heavy atom. The van der Waals surface area contributed by atoms with E-state index in [-0.39, 0.29) is 18.3 Å². The maximum atomic E-state index is 10.9. The summed E-state index contributed by atoms with van der Waals surface area (Å²) in [5, 5.41) is 4.97. The first kappa shape index (κ1) is 21.8. The molecule has 0 heterocycles. The Balaban J connectivity index is 0. The molecule has 8 heteroatoms. The van der Waals surface area contributed by atoms with Crippen molar-refractivity contribution in [2.75, 3.05) is 41.0 Å². The maximum Gasteiger partial charge on any atom is 0.500 e. The Morgan fingerprint density at radius 1 is 1.20 bits per heavy atom. The number of halogens is 1. The number of amides is 1. The summed E-state index contributed by atoms with van der Waals surface area (Å²) in [6, 6.07) is 0.820. The molecule has 120 valence electrons. The second kappa shape index (κ2) is 13.5. The largest absolute Gasteiger partial charge is 1.00 e. The van der Waals surface area contributed by atoms with Gasteiger partial charge in [-0.05, 0) is 6.08 Å². The third-order valence-corrected chi connectivity index (χ3v) is 5.73. The lowest BCUT2D eigenvalue weighted by Crippen LogP contribution is -3.00. The fourth-order valence-corrected chi connectivity index (χ4v) is 3.44. The quantitative estimate of drug-likeness (QED) is 0.222. The summed E-state index contributed by atoms with van der Waals surface area (Å²) < 4.78 is 16.0. The highest BCUT2D eigenvalue weighted by Crippen LogP contribution is 2.13. The summed E-state index contributed by atoms with van der Waals surface area (Å²) in [6.45, 7) is 6.07. The van der Waals surface area contributed by atoms with Gasteiger partial charge in [-0.1, -0.05) is 6.58 Å². The van der Waals surface area contributed by atoms with E-state index >= 15 is 0 Å². The molecule has 0 aliphatic carbocycles. The highest BCUT2D eigenvalue weighted by Gasteiger charge is 2.36. The van der Waals surface area contributed by atoms with Crippen LogP contribution >= 0.6 is 0 Å². The van der Waals surface area contributed by atoms with Crippen molar-refractivity contribution in [2.24, 2.45) is 0 Å². The third kappa shape index (κ3) is 9.46. The number of quaternary nitrogens is 1. The van der Waals surface area contributed by atoms with E-state index in [0.29, 0.717) is 6.54 Å². The lowest BCUT2D eigenvalue weighted by Gasteiger charge is -2.23. The normalized spacial score (nSPS) is 10.8. The molecule has 0 aromatic rings. The smallest absolute Gasteiger partial charge is 0.500 e. The number of hydrogen-bond donors (Lipinski definition) is 2. The molecule has 0 bridgehead atoms. The molecular weight excluding hydrogens is 300 g/mol. The van der Waals surface area contributed by atoms with Crippen molar-refractivity contribution >= 4 is 14.7 Å². The number of nitrogens with two attached hydrogens (primary N) is 1. The number of carbonyl (C=O) groups excluding carboxylic acids is 1. The minimum absolute atomic E-state index is 0. The number of hydrogen-bond acceptors (Lipinski definition) is 4. The molecule has 0 aromatic carbocycles. The number of carbonyl (C=O) groups is 1. The highest BCUT2D eigenvalue weighted by molar-refractivity contribution is 6.60. The van der Waals surface area contributed by atoms with Crippen molar-refractivity contribution in [3.8, 4) is 0 Å². The van der Waals surface area contributed by atoms with Gasteiger partial charge >= 0.3 is 8.80 Å². The lowest BCUT2D eigenvalue weighted by molar-refractivity contribution is -0.654. The topological polar surface area (TPSA) is 73.4 Å². The van der Waals surface area contributed by atoms with Crippen LogP contribution in [0.15, 0.2) is 12.7 Å². The molecule has 0 saturated carbocycles. The minimum Gasteiger partial charge on any atom is -1.00 e. The van der Waals surface area contributed by atoms with Gasteiger partial charge in [0.1, 0.15) is 0 Å². The van der Waals surface area contributed by atoms with E-state index in [4.69, 9.17) is 13.3 Å². The van der Waals surface area contributed by atoms with E-state index in [0.717, 1.165) is 32.0 Å². The van der Waals surface area contributed by atoms with Gasteiger partial charge in [0.05, 0.1) is 13.1 Å². The SMILES string of the molecule is C=CC(=O)NCCC[NH2+]CCC[Si](OC)(OC)OC.[Cl-]. The monoisotopic (exact) mass is 326 g/mol. The molecule has 0 aliphatic rings. The van der Waals surface area contributed by atoms with Crippen LogP contribution in [0.4, 0.5) is 0 Å². The van der Waals surface area contributed by atoms with Gasteiger partial charge in [-0.2, -0.15) is 0 Å². The molecule has 3 N–H and O–H groups in total. The number of rotatable bonds is 12. The minimum atomic E-state index is -2.40. The molecule has 1 amide bonds. The van der Waals surface area contributed by atoms with Crippen molar-refractivity contribution < 1.29 is 35.8 Å². The Hall–Kier alpha value is -0.443. The van der Waals surface area contributed by atoms with Crippen LogP contribution in [-0.4, -0.2) is 55.7 Å². The van der Waals surface area contributed by atoms with E-state index in [1.54, 1.807) is 21.3 Å². The van der Waals surface area contributed by atoms with Gasteiger partial charge in [-0.3, -0.25) is 4.79 Å². The zero-order valence-electron chi connectivity index (χ0n) is 12.6. The van der Waals surface area contributed by atoms with E-state index < -0.39 is 8.80 Å². The van der Waals surface area contributed by atoms with Crippen molar-refractivity contribution in [1.82, 2.24) is 5.32 Å². The summed E-state index contributed by atoms with van der Waals surface area (Å²) in [7, 11) is 2.49. The first-order valence-electron chi connectivity index (χ1n) is 6.51. The average Bonchev–Trinajstić information content (AvgIpc) is 2.46. The van der Waals surface area contributed by atoms with Crippen LogP contribution in [0.2, 0.25) is 6.04 Å². The molecule has 0 aliphatic heterocycles. The molecule has 0 atom stereocenters. The van der Waals surface area contributed by atoms with E-state index in [1.165, 1.54) is 6.08 Å². The van der Waals surface area contributed by atoms with Crippen molar-refractivity contribution in [1.29, 1.82) is 0 Å². The molecule has 6 nitrogen and oxygen atoms in total. The summed E-state index contributed by atoms with van der Waals surface area (Å²) >= 11 is 0. The van der Waals surface area contributed by atoms with Crippen molar-refractivity contribution in [3.05, 3.63) is 12.7 Å². The summed E-state index contributed by atoms with van der Waals surface area (Å²) in [6.07, 6.45) is 3.22. The first-order chi connectivity index (χ1) is 9.14. The second-order valence-electron chi connectivity index (χ2n) is 4.11. The van der Waals surface area contributed by atoms with Crippen LogP contribution in [0.3, 0.4) is 0 Å². The van der Waals surface area contributed by atoms with Gasteiger partial charge in [0, 0.05) is 46.8 Å². The lowest BCUT2D eigenvalue weighted by atomic mass is 10.4. The van der Waals surface area contributed by atoms with Crippen LogP contribution in [0.25, 0.3) is 0 Å². The van der Waals surface area contributed by atoms with Crippen LogP contribution in [0, 0.1) is 0 Å². The molecule has 0 saturated heterocycles. The molecule has 0 fully saturated rings. The fraction of sp³-hybridized carbons (Fsp3) is 0.750. The van der Waals surface area contributed by atoms with Gasteiger partial charge < -0.3 is 36.3 Å². The molecule has 0 unspecified atom stereocenters. The standard InChI is InChI=1S/C12H26N2O4Si.ClH/c1-5-12(15)14-10-6-8-13-9-7-11-19(16-2,17-3)18-4;/h5,13H,1,6-11H2,2-4H3,(H,14,15);1H. The Kier molecular flexibility index (Phi) is 14.8. The highest BCUT2D eigenvalue weighted by atomic mass is 35.5. The molecule has 0 aromatic heterocycles. The fourth-order valence-electron chi connectivity index (χ4n) is 1.69. The molecular formula is C12H27ClN2O4Si. The average molecular weight is 327 g/mol. The zero-order chi connectivity index (χ0) is 14.6. The van der Waals surface area contributed by atoms with Gasteiger partial charge in [-0.25, -0.2) is 0 Å².